The van der Waals surface area contributed by atoms with Gasteiger partial charge in [-0.15, -0.1) is 0 Å². The molecule has 1 aromatic heterocycles. The van der Waals surface area contributed by atoms with Gasteiger partial charge >= 0.3 is 0 Å². The quantitative estimate of drug-likeness (QED) is 0.750. The maximum Gasteiger partial charge on any atom is 0.0835 e. The van der Waals surface area contributed by atoms with E-state index in [9.17, 15) is 0 Å². The van der Waals surface area contributed by atoms with Gasteiger partial charge in [-0.2, -0.15) is 5.10 Å². The third-order valence-electron chi connectivity index (χ3n) is 3.34. The summed E-state index contributed by atoms with van der Waals surface area (Å²) >= 11 is 6.39. The second-order valence-corrected chi connectivity index (χ2v) is 5.66. The van der Waals surface area contributed by atoms with Gasteiger partial charge in [-0.05, 0) is 40.2 Å². The van der Waals surface area contributed by atoms with Gasteiger partial charge in [0.25, 0.3) is 0 Å². The van der Waals surface area contributed by atoms with E-state index in [1.54, 1.807) is 6.20 Å². The van der Waals surface area contributed by atoms with Crippen LogP contribution in [0.25, 0.3) is 0 Å². The van der Waals surface area contributed by atoms with Gasteiger partial charge in [0.1, 0.15) is 0 Å². The summed E-state index contributed by atoms with van der Waals surface area (Å²) < 4.78 is 7.90. The van der Waals surface area contributed by atoms with Crippen molar-refractivity contribution >= 4 is 11.6 Å². The predicted molar refractivity (Wildman–Crippen MR) is 84.4 cm³/mol. The molecule has 0 aliphatic heterocycles. The number of halogens is 1. The summed E-state index contributed by atoms with van der Waals surface area (Å²) in [5, 5.41) is 8.70. The molecule has 1 aromatic rings. The van der Waals surface area contributed by atoms with Crippen molar-refractivity contribution < 1.29 is 4.74 Å². The van der Waals surface area contributed by atoms with Gasteiger partial charge in [-0.1, -0.05) is 25.4 Å². The second-order valence-electron chi connectivity index (χ2n) is 5.25. The molecular formula is C15H28ClN3O. The minimum Gasteiger partial charge on any atom is -0.376 e. The molecule has 0 fully saturated rings. The van der Waals surface area contributed by atoms with E-state index in [-0.39, 0.29) is 18.2 Å². The molecule has 0 saturated carbocycles. The minimum absolute atomic E-state index is 0.0808. The number of nitrogens with zero attached hydrogens (tertiary/aromatic N) is 2. The Kier molecular flexibility index (Phi) is 7.56. The van der Waals surface area contributed by atoms with Gasteiger partial charge in [0.05, 0.1) is 29.1 Å². The zero-order valence-electron chi connectivity index (χ0n) is 13.3. The largest absolute Gasteiger partial charge is 0.376 e. The number of hydrogen-bond donors (Lipinski definition) is 1. The fourth-order valence-corrected chi connectivity index (χ4v) is 2.67. The molecule has 2 atom stereocenters. The monoisotopic (exact) mass is 301 g/mol. The highest BCUT2D eigenvalue weighted by Crippen LogP contribution is 2.30. The molecular weight excluding hydrogens is 274 g/mol. The molecule has 0 bridgehead atoms. The third-order valence-corrected chi connectivity index (χ3v) is 3.63. The molecule has 0 radical (unpaired) electrons. The Balaban J connectivity index is 3.11. The van der Waals surface area contributed by atoms with E-state index >= 15 is 0 Å². The maximum atomic E-state index is 6.39. The van der Waals surface area contributed by atoms with Crippen molar-refractivity contribution in [3.8, 4) is 0 Å². The molecule has 116 valence electrons. The third kappa shape index (κ3) is 4.21. The number of ether oxygens (including phenoxy) is 1. The van der Waals surface area contributed by atoms with Gasteiger partial charge in [-0.3, -0.25) is 4.68 Å². The zero-order chi connectivity index (χ0) is 15.1. The van der Waals surface area contributed by atoms with Gasteiger partial charge in [-0.25, -0.2) is 0 Å². The molecule has 5 heteroatoms. The molecule has 0 spiro atoms. The van der Waals surface area contributed by atoms with Crippen molar-refractivity contribution in [2.24, 2.45) is 0 Å². The summed E-state index contributed by atoms with van der Waals surface area (Å²) in [6.07, 6.45) is 3.86. The van der Waals surface area contributed by atoms with Crippen molar-refractivity contribution in [3.05, 3.63) is 16.9 Å². The number of rotatable bonds is 9. The SMILES string of the molecule is CCCNC(c1c(Cl)cnn1C(C)C)C(CC)OCC. The van der Waals surface area contributed by atoms with E-state index in [0.29, 0.717) is 11.6 Å². The van der Waals surface area contributed by atoms with Gasteiger partial charge in [0, 0.05) is 12.6 Å². The Morgan fingerprint density at radius 1 is 1.35 bits per heavy atom. The fraction of sp³-hybridized carbons (Fsp3) is 0.800. The lowest BCUT2D eigenvalue weighted by molar-refractivity contribution is 0.0289. The Hall–Kier alpha value is -0.580. The first kappa shape index (κ1) is 17.5. The summed E-state index contributed by atoms with van der Waals surface area (Å²) in [7, 11) is 0. The number of hydrogen-bond acceptors (Lipinski definition) is 3. The summed E-state index contributed by atoms with van der Waals surface area (Å²) in [6, 6.07) is 0.361. The number of nitrogens with one attached hydrogen (secondary N) is 1. The van der Waals surface area contributed by atoms with Crippen LogP contribution >= 0.6 is 11.6 Å². The second kappa shape index (κ2) is 8.65. The highest BCUT2D eigenvalue weighted by molar-refractivity contribution is 6.31. The molecule has 2 unspecified atom stereocenters. The smallest absolute Gasteiger partial charge is 0.0835 e. The van der Waals surface area contributed by atoms with Crippen LogP contribution in [0.2, 0.25) is 5.02 Å². The van der Waals surface area contributed by atoms with Crippen molar-refractivity contribution in [2.75, 3.05) is 13.2 Å². The summed E-state index contributed by atoms with van der Waals surface area (Å²) in [5.74, 6) is 0. The van der Waals surface area contributed by atoms with Crippen LogP contribution in [0.15, 0.2) is 6.20 Å². The van der Waals surface area contributed by atoms with Gasteiger partial charge in [0.2, 0.25) is 0 Å². The molecule has 0 saturated heterocycles. The minimum atomic E-state index is 0.0808. The van der Waals surface area contributed by atoms with E-state index in [1.165, 1.54) is 0 Å². The summed E-state index contributed by atoms with van der Waals surface area (Å²) in [6.45, 7) is 12.2. The molecule has 1 N–H and O–H groups in total. The molecule has 0 aromatic carbocycles. The molecule has 20 heavy (non-hydrogen) atoms. The Bertz CT molecular complexity index is 392. The van der Waals surface area contributed by atoms with Crippen LogP contribution in [0.5, 0.6) is 0 Å². The summed E-state index contributed by atoms with van der Waals surface area (Å²) in [5.41, 5.74) is 1.04. The molecule has 1 heterocycles. The van der Waals surface area contributed by atoms with E-state index in [1.807, 2.05) is 11.6 Å². The lowest BCUT2D eigenvalue weighted by Crippen LogP contribution is -2.36. The van der Waals surface area contributed by atoms with Crippen molar-refractivity contribution in [1.82, 2.24) is 15.1 Å². The maximum absolute atomic E-state index is 6.39. The highest BCUT2D eigenvalue weighted by Gasteiger charge is 2.28. The van der Waals surface area contributed by atoms with Gasteiger partial charge < -0.3 is 10.1 Å². The van der Waals surface area contributed by atoms with Crippen molar-refractivity contribution in [1.29, 1.82) is 0 Å². The van der Waals surface area contributed by atoms with Crippen LogP contribution in [0, 0.1) is 0 Å². The van der Waals surface area contributed by atoms with Crippen molar-refractivity contribution in [3.63, 3.8) is 0 Å². The molecule has 4 nitrogen and oxygen atoms in total. The van der Waals surface area contributed by atoms with Gasteiger partial charge in [0.15, 0.2) is 0 Å². The van der Waals surface area contributed by atoms with E-state index < -0.39 is 0 Å². The molecule has 0 amide bonds. The Labute approximate surface area is 127 Å². The van der Waals surface area contributed by atoms with Crippen molar-refractivity contribution in [2.45, 2.75) is 65.6 Å². The normalized spacial score (nSPS) is 14.8. The highest BCUT2D eigenvalue weighted by atomic mass is 35.5. The lowest BCUT2D eigenvalue weighted by atomic mass is 10.0. The lowest BCUT2D eigenvalue weighted by Gasteiger charge is -2.29. The first-order valence-electron chi connectivity index (χ1n) is 7.64. The first-order valence-corrected chi connectivity index (χ1v) is 8.02. The van der Waals surface area contributed by atoms with Crippen LogP contribution in [-0.4, -0.2) is 29.0 Å². The predicted octanol–water partition coefficient (Wildman–Crippen LogP) is 3.97. The van der Waals surface area contributed by atoms with Crippen LogP contribution in [-0.2, 0) is 4.74 Å². The standard InChI is InChI=1S/C15H28ClN3O/c1-6-9-17-14(13(7-2)20-8-3)15-12(16)10-18-19(15)11(4)5/h10-11,13-14,17H,6-9H2,1-5H3. The summed E-state index contributed by atoms with van der Waals surface area (Å²) in [4.78, 5) is 0. The average Bonchev–Trinajstić information content (AvgIpc) is 2.80. The zero-order valence-corrected chi connectivity index (χ0v) is 14.1. The van der Waals surface area contributed by atoms with E-state index in [2.05, 4.69) is 38.1 Å². The van der Waals surface area contributed by atoms with E-state index in [4.69, 9.17) is 16.3 Å². The molecule has 1 rings (SSSR count). The Morgan fingerprint density at radius 2 is 2.05 bits per heavy atom. The Morgan fingerprint density at radius 3 is 2.55 bits per heavy atom. The van der Waals surface area contributed by atoms with Crippen LogP contribution in [0.3, 0.4) is 0 Å². The van der Waals surface area contributed by atoms with Crippen LogP contribution < -0.4 is 5.32 Å². The van der Waals surface area contributed by atoms with Crippen LogP contribution in [0.1, 0.15) is 65.2 Å². The van der Waals surface area contributed by atoms with Crippen LogP contribution in [0.4, 0.5) is 0 Å². The topological polar surface area (TPSA) is 39.1 Å². The van der Waals surface area contributed by atoms with E-state index in [0.717, 1.165) is 25.1 Å². The average molecular weight is 302 g/mol. The first-order chi connectivity index (χ1) is 9.56. The number of aromatic nitrogens is 2. The fourth-order valence-electron chi connectivity index (χ4n) is 2.42. The molecule has 0 aliphatic carbocycles. The molecule has 0 aliphatic rings.